The first-order chi connectivity index (χ1) is 8.22. The van der Waals surface area contributed by atoms with Crippen LogP contribution in [0.5, 0.6) is 5.75 Å². The highest BCUT2D eigenvalue weighted by molar-refractivity contribution is 6.10. The van der Waals surface area contributed by atoms with E-state index in [9.17, 15) is 4.79 Å². The Morgan fingerprint density at radius 3 is 2.71 bits per heavy atom. The zero-order chi connectivity index (χ0) is 12.3. The molecule has 0 bridgehead atoms. The Hall–Kier alpha value is -2.23. The second kappa shape index (κ2) is 4.74. The van der Waals surface area contributed by atoms with Gasteiger partial charge in [-0.15, -0.1) is 0 Å². The van der Waals surface area contributed by atoms with Gasteiger partial charge in [0.1, 0.15) is 5.75 Å². The molecule has 0 aliphatic rings. The molecule has 0 aliphatic heterocycles. The van der Waals surface area contributed by atoms with E-state index in [1.54, 1.807) is 30.6 Å². The molecule has 2 aromatic heterocycles. The van der Waals surface area contributed by atoms with Crippen molar-refractivity contribution in [3.8, 4) is 5.75 Å². The first kappa shape index (κ1) is 11.3. The number of aryl methyl sites for hydroxylation is 1. The molecule has 0 N–H and O–H groups in total. The van der Waals surface area contributed by atoms with Crippen LogP contribution in [0.3, 0.4) is 0 Å². The number of hydrogen-bond acceptors (Lipinski definition) is 4. The molecule has 86 valence electrons. The number of hydrogen-bond donors (Lipinski definition) is 0. The van der Waals surface area contributed by atoms with Crippen molar-refractivity contribution in [1.29, 1.82) is 0 Å². The molecule has 0 radical (unpaired) electrons. The summed E-state index contributed by atoms with van der Waals surface area (Å²) in [6, 6.07) is 5.20. The number of rotatable bonds is 3. The maximum Gasteiger partial charge on any atom is 0.198 e. The van der Waals surface area contributed by atoms with Gasteiger partial charge in [-0.05, 0) is 25.1 Å². The third kappa shape index (κ3) is 2.30. The van der Waals surface area contributed by atoms with E-state index in [0.717, 1.165) is 5.69 Å². The van der Waals surface area contributed by atoms with Crippen LogP contribution in [0.1, 0.15) is 21.6 Å². The van der Waals surface area contributed by atoms with Crippen LogP contribution in [-0.2, 0) is 0 Å². The third-order valence-electron chi connectivity index (χ3n) is 2.42. The van der Waals surface area contributed by atoms with Crippen molar-refractivity contribution in [3.05, 3.63) is 53.6 Å². The molecule has 0 aliphatic carbocycles. The van der Waals surface area contributed by atoms with Crippen LogP contribution in [-0.4, -0.2) is 22.9 Å². The quantitative estimate of drug-likeness (QED) is 0.754. The highest BCUT2D eigenvalue weighted by Crippen LogP contribution is 2.19. The SMILES string of the molecule is COc1cnccc1C(=O)c1ccc(C)nc1. The fraction of sp³-hybridized carbons (Fsp3) is 0.154. The Labute approximate surface area is 99.3 Å². The molecular weight excluding hydrogens is 216 g/mol. The Bertz CT molecular complexity index is 535. The standard InChI is InChI=1S/C13H12N2O2/c1-9-3-4-10(7-15-9)13(16)11-5-6-14-8-12(11)17-2/h3-8H,1-2H3. The van der Waals surface area contributed by atoms with E-state index in [-0.39, 0.29) is 5.78 Å². The molecule has 0 amide bonds. The van der Waals surface area contributed by atoms with Crippen LogP contribution < -0.4 is 4.74 Å². The number of nitrogens with zero attached hydrogens (tertiary/aromatic N) is 2. The molecule has 0 saturated carbocycles. The predicted octanol–water partition coefficient (Wildman–Crippen LogP) is 2.02. The maximum absolute atomic E-state index is 12.2. The van der Waals surface area contributed by atoms with Gasteiger partial charge in [-0.3, -0.25) is 14.8 Å². The molecule has 2 aromatic rings. The molecule has 0 fully saturated rings. The minimum absolute atomic E-state index is 0.114. The first-order valence-corrected chi connectivity index (χ1v) is 5.17. The summed E-state index contributed by atoms with van der Waals surface area (Å²) in [6.07, 6.45) is 4.66. The lowest BCUT2D eigenvalue weighted by atomic mass is 10.1. The molecule has 4 heteroatoms. The van der Waals surface area contributed by atoms with E-state index in [1.807, 2.05) is 6.92 Å². The molecule has 0 unspecified atom stereocenters. The van der Waals surface area contributed by atoms with Crippen molar-refractivity contribution in [1.82, 2.24) is 9.97 Å². The molecule has 0 aromatic carbocycles. The molecule has 2 rings (SSSR count). The van der Waals surface area contributed by atoms with Crippen LogP contribution in [0, 0.1) is 6.92 Å². The third-order valence-corrected chi connectivity index (χ3v) is 2.42. The van der Waals surface area contributed by atoms with Crippen molar-refractivity contribution in [3.63, 3.8) is 0 Å². The van der Waals surface area contributed by atoms with Crippen molar-refractivity contribution >= 4 is 5.78 Å². The summed E-state index contributed by atoms with van der Waals surface area (Å²) in [6.45, 7) is 1.88. The van der Waals surface area contributed by atoms with E-state index >= 15 is 0 Å². The summed E-state index contributed by atoms with van der Waals surface area (Å²) in [5.74, 6) is 0.356. The molecule has 0 saturated heterocycles. The van der Waals surface area contributed by atoms with Crippen molar-refractivity contribution in [2.75, 3.05) is 7.11 Å². The van der Waals surface area contributed by atoms with Crippen LogP contribution in [0.15, 0.2) is 36.8 Å². The zero-order valence-electron chi connectivity index (χ0n) is 9.68. The number of carbonyl (C=O) groups is 1. The minimum Gasteiger partial charge on any atom is -0.494 e. The lowest BCUT2D eigenvalue weighted by molar-refractivity contribution is 0.103. The topological polar surface area (TPSA) is 52.1 Å². The molecule has 17 heavy (non-hydrogen) atoms. The van der Waals surface area contributed by atoms with E-state index in [0.29, 0.717) is 16.9 Å². The summed E-state index contributed by atoms with van der Waals surface area (Å²) < 4.78 is 5.11. The van der Waals surface area contributed by atoms with Crippen molar-refractivity contribution in [2.45, 2.75) is 6.92 Å². The highest BCUT2D eigenvalue weighted by atomic mass is 16.5. The van der Waals surface area contributed by atoms with Crippen LogP contribution in [0.4, 0.5) is 0 Å². The van der Waals surface area contributed by atoms with Gasteiger partial charge in [-0.2, -0.15) is 0 Å². The van der Waals surface area contributed by atoms with E-state index in [1.165, 1.54) is 13.3 Å². The summed E-state index contributed by atoms with van der Waals surface area (Å²) >= 11 is 0. The maximum atomic E-state index is 12.2. The van der Waals surface area contributed by atoms with Gasteiger partial charge in [-0.25, -0.2) is 0 Å². The normalized spacial score (nSPS) is 10.0. The van der Waals surface area contributed by atoms with Gasteiger partial charge in [0.25, 0.3) is 0 Å². The molecule has 4 nitrogen and oxygen atoms in total. The Morgan fingerprint density at radius 2 is 2.06 bits per heavy atom. The van der Waals surface area contributed by atoms with Crippen LogP contribution in [0.2, 0.25) is 0 Å². The second-order valence-electron chi connectivity index (χ2n) is 3.59. The first-order valence-electron chi connectivity index (χ1n) is 5.17. The van der Waals surface area contributed by atoms with E-state index in [4.69, 9.17) is 4.74 Å². The van der Waals surface area contributed by atoms with Gasteiger partial charge in [0.05, 0.1) is 18.9 Å². The Kier molecular flexibility index (Phi) is 3.14. The number of ketones is 1. The number of carbonyl (C=O) groups excluding carboxylic acids is 1. The molecule has 0 spiro atoms. The Morgan fingerprint density at radius 1 is 1.24 bits per heavy atom. The van der Waals surface area contributed by atoms with Crippen molar-refractivity contribution in [2.24, 2.45) is 0 Å². The average Bonchev–Trinajstić information content (AvgIpc) is 2.39. The number of aromatic nitrogens is 2. The lowest BCUT2D eigenvalue weighted by Crippen LogP contribution is -2.04. The summed E-state index contributed by atoms with van der Waals surface area (Å²) in [5.41, 5.74) is 1.91. The van der Waals surface area contributed by atoms with Gasteiger partial charge in [0.2, 0.25) is 0 Å². The van der Waals surface area contributed by atoms with Gasteiger partial charge in [0, 0.05) is 23.7 Å². The van der Waals surface area contributed by atoms with Gasteiger partial charge < -0.3 is 4.74 Å². The van der Waals surface area contributed by atoms with Gasteiger partial charge in [0.15, 0.2) is 5.78 Å². The fourth-order valence-corrected chi connectivity index (χ4v) is 1.49. The highest BCUT2D eigenvalue weighted by Gasteiger charge is 2.14. The molecule has 0 atom stereocenters. The molecular formula is C13H12N2O2. The van der Waals surface area contributed by atoms with Gasteiger partial charge in [-0.1, -0.05) is 0 Å². The predicted molar refractivity (Wildman–Crippen MR) is 63.2 cm³/mol. The molecule has 2 heterocycles. The minimum atomic E-state index is -0.114. The summed E-state index contributed by atoms with van der Waals surface area (Å²) in [4.78, 5) is 20.2. The second-order valence-corrected chi connectivity index (χ2v) is 3.59. The largest absolute Gasteiger partial charge is 0.494 e. The summed E-state index contributed by atoms with van der Waals surface area (Å²) in [5, 5.41) is 0. The Balaban J connectivity index is 2.40. The number of pyridine rings is 2. The van der Waals surface area contributed by atoms with E-state index < -0.39 is 0 Å². The van der Waals surface area contributed by atoms with E-state index in [2.05, 4.69) is 9.97 Å². The van der Waals surface area contributed by atoms with Crippen LogP contribution in [0.25, 0.3) is 0 Å². The smallest absolute Gasteiger partial charge is 0.198 e. The fourth-order valence-electron chi connectivity index (χ4n) is 1.49. The zero-order valence-corrected chi connectivity index (χ0v) is 9.68. The summed E-state index contributed by atoms with van der Waals surface area (Å²) in [7, 11) is 1.52. The van der Waals surface area contributed by atoms with Crippen LogP contribution >= 0.6 is 0 Å². The number of ether oxygens (including phenoxy) is 1. The van der Waals surface area contributed by atoms with Crippen molar-refractivity contribution < 1.29 is 9.53 Å². The van der Waals surface area contributed by atoms with Gasteiger partial charge >= 0.3 is 0 Å². The lowest BCUT2D eigenvalue weighted by Gasteiger charge is -2.06. The average molecular weight is 228 g/mol. The monoisotopic (exact) mass is 228 g/mol. The number of methoxy groups -OCH3 is 1.